The van der Waals surface area contributed by atoms with Crippen LogP contribution in [0, 0.1) is 0 Å². The number of hydrogen-bond acceptors (Lipinski definition) is 3. The summed E-state index contributed by atoms with van der Waals surface area (Å²) in [5, 5.41) is 12.2. The van der Waals surface area contributed by atoms with Gasteiger partial charge in [0.15, 0.2) is 0 Å². The molecule has 3 heteroatoms. The van der Waals surface area contributed by atoms with Crippen molar-refractivity contribution in [1.29, 1.82) is 0 Å². The van der Waals surface area contributed by atoms with Crippen molar-refractivity contribution in [3.63, 3.8) is 0 Å². The highest BCUT2D eigenvalue weighted by molar-refractivity contribution is 5.78. The van der Waals surface area contributed by atoms with Crippen LogP contribution in [0.2, 0.25) is 0 Å². The van der Waals surface area contributed by atoms with Gasteiger partial charge in [0, 0.05) is 11.8 Å². The van der Waals surface area contributed by atoms with E-state index in [0.29, 0.717) is 6.42 Å². The molecule has 0 aliphatic heterocycles. The molecule has 2 rings (SSSR count). The molecule has 0 fully saturated rings. The Labute approximate surface area is 75.3 Å². The second-order valence-electron chi connectivity index (χ2n) is 2.75. The van der Waals surface area contributed by atoms with Crippen LogP contribution in [0.25, 0.3) is 11.0 Å². The molecule has 0 saturated heterocycles. The van der Waals surface area contributed by atoms with E-state index < -0.39 is 0 Å². The monoisotopic (exact) mass is 175 g/mol. The molecule has 0 radical (unpaired) electrons. The number of benzene rings is 1. The first-order valence-electron chi connectivity index (χ1n) is 4.03. The highest BCUT2D eigenvalue weighted by atomic mass is 16.4. The van der Waals surface area contributed by atoms with Crippen molar-refractivity contribution < 1.29 is 9.62 Å². The summed E-state index contributed by atoms with van der Waals surface area (Å²) < 4.78 is 5.47. The Balaban J connectivity index is 2.38. The van der Waals surface area contributed by atoms with Crippen molar-refractivity contribution in [2.75, 3.05) is 0 Å². The van der Waals surface area contributed by atoms with E-state index in [2.05, 4.69) is 5.16 Å². The van der Waals surface area contributed by atoms with Crippen LogP contribution in [-0.2, 0) is 6.42 Å². The van der Waals surface area contributed by atoms with E-state index in [1.807, 2.05) is 30.3 Å². The molecular weight excluding hydrogens is 166 g/mol. The quantitative estimate of drug-likeness (QED) is 0.433. The zero-order chi connectivity index (χ0) is 9.10. The summed E-state index contributed by atoms with van der Waals surface area (Å²) in [7, 11) is 0. The van der Waals surface area contributed by atoms with Gasteiger partial charge >= 0.3 is 0 Å². The maximum absolute atomic E-state index is 8.23. The smallest absolute Gasteiger partial charge is 0.134 e. The molecule has 3 nitrogen and oxygen atoms in total. The highest BCUT2D eigenvalue weighted by Crippen LogP contribution is 2.18. The first-order valence-corrected chi connectivity index (χ1v) is 4.03. The minimum Gasteiger partial charge on any atom is -0.461 e. The van der Waals surface area contributed by atoms with Crippen molar-refractivity contribution in [3.05, 3.63) is 36.1 Å². The van der Waals surface area contributed by atoms with Gasteiger partial charge in [-0.25, -0.2) is 0 Å². The summed E-state index contributed by atoms with van der Waals surface area (Å²) >= 11 is 0. The minimum atomic E-state index is 0.519. The van der Waals surface area contributed by atoms with Crippen LogP contribution >= 0.6 is 0 Å². The molecule has 0 aliphatic carbocycles. The van der Waals surface area contributed by atoms with E-state index in [9.17, 15) is 0 Å². The zero-order valence-corrected chi connectivity index (χ0v) is 6.97. The molecule has 0 amide bonds. The molecule has 0 unspecified atom stereocenters. The van der Waals surface area contributed by atoms with Gasteiger partial charge < -0.3 is 9.62 Å². The van der Waals surface area contributed by atoms with Gasteiger partial charge in [0.25, 0.3) is 0 Å². The van der Waals surface area contributed by atoms with Crippen LogP contribution in [0.5, 0.6) is 0 Å². The molecule has 0 bridgehead atoms. The largest absolute Gasteiger partial charge is 0.461 e. The van der Waals surface area contributed by atoms with Gasteiger partial charge in [-0.05, 0) is 12.1 Å². The lowest BCUT2D eigenvalue weighted by Crippen LogP contribution is -1.80. The summed E-state index contributed by atoms with van der Waals surface area (Å²) in [6.07, 6.45) is 1.92. The predicted octanol–water partition coefficient (Wildman–Crippen LogP) is 2.44. The minimum absolute atomic E-state index is 0.519. The van der Waals surface area contributed by atoms with Crippen LogP contribution in [0.3, 0.4) is 0 Å². The third-order valence-corrected chi connectivity index (χ3v) is 1.85. The summed E-state index contributed by atoms with van der Waals surface area (Å²) in [6, 6.07) is 9.72. The molecule has 0 spiro atoms. The number of furan rings is 1. The Bertz CT molecular complexity index is 398. The third-order valence-electron chi connectivity index (χ3n) is 1.85. The van der Waals surface area contributed by atoms with E-state index >= 15 is 0 Å². The van der Waals surface area contributed by atoms with Gasteiger partial charge in [0.05, 0.1) is 6.21 Å². The van der Waals surface area contributed by atoms with Crippen molar-refractivity contribution in [2.45, 2.75) is 6.42 Å². The van der Waals surface area contributed by atoms with E-state index in [0.717, 1.165) is 16.7 Å². The number of para-hydroxylation sites is 1. The Kier molecular flexibility index (Phi) is 2.00. The van der Waals surface area contributed by atoms with E-state index in [4.69, 9.17) is 9.62 Å². The van der Waals surface area contributed by atoms with Gasteiger partial charge in [-0.15, -0.1) is 5.16 Å². The zero-order valence-electron chi connectivity index (χ0n) is 6.97. The molecule has 1 aromatic carbocycles. The van der Waals surface area contributed by atoms with Crippen LogP contribution in [-0.4, -0.2) is 11.4 Å². The normalized spacial score (nSPS) is 11.4. The van der Waals surface area contributed by atoms with Crippen LogP contribution in [0.4, 0.5) is 0 Å². The Hall–Kier alpha value is -1.77. The molecular formula is C10H9NO2. The van der Waals surface area contributed by atoms with Crippen LogP contribution in [0.15, 0.2) is 39.9 Å². The van der Waals surface area contributed by atoms with Gasteiger partial charge in [-0.2, -0.15) is 0 Å². The average Bonchev–Trinajstić information content (AvgIpc) is 2.57. The Morgan fingerprint density at radius 3 is 3.00 bits per heavy atom. The van der Waals surface area contributed by atoms with Crippen LogP contribution < -0.4 is 0 Å². The van der Waals surface area contributed by atoms with Gasteiger partial charge in [0.1, 0.15) is 11.3 Å². The van der Waals surface area contributed by atoms with Crippen molar-refractivity contribution in [2.24, 2.45) is 5.16 Å². The topological polar surface area (TPSA) is 45.7 Å². The lowest BCUT2D eigenvalue weighted by molar-refractivity contribution is 0.320. The molecule has 13 heavy (non-hydrogen) atoms. The lowest BCUT2D eigenvalue weighted by atomic mass is 10.2. The molecule has 0 atom stereocenters. The molecule has 1 aromatic heterocycles. The van der Waals surface area contributed by atoms with Gasteiger partial charge in [-0.1, -0.05) is 18.2 Å². The third kappa shape index (κ3) is 1.54. The first-order chi connectivity index (χ1) is 6.40. The van der Waals surface area contributed by atoms with Gasteiger partial charge in [-0.3, -0.25) is 0 Å². The Morgan fingerprint density at radius 2 is 2.23 bits per heavy atom. The SMILES string of the molecule is ON=CCc1cc2ccccc2o1. The fourth-order valence-corrected chi connectivity index (χ4v) is 1.27. The number of rotatable bonds is 2. The fourth-order valence-electron chi connectivity index (χ4n) is 1.27. The highest BCUT2D eigenvalue weighted by Gasteiger charge is 2.00. The molecule has 0 saturated carbocycles. The lowest BCUT2D eigenvalue weighted by Gasteiger charge is -1.84. The number of fused-ring (bicyclic) bond motifs is 1. The fraction of sp³-hybridized carbons (Fsp3) is 0.100. The second kappa shape index (κ2) is 3.31. The average molecular weight is 175 g/mol. The first kappa shape index (κ1) is 7.86. The maximum atomic E-state index is 8.23. The number of hydrogen-bond donors (Lipinski definition) is 1. The van der Waals surface area contributed by atoms with Gasteiger partial charge in [0.2, 0.25) is 0 Å². The summed E-state index contributed by atoms with van der Waals surface area (Å²) in [6.45, 7) is 0. The van der Waals surface area contributed by atoms with Crippen molar-refractivity contribution >= 4 is 17.2 Å². The standard InChI is InChI=1S/C10H9NO2/c12-11-6-5-9-7-8-3-1-2-4-10(8)13-9/h1-4,6-7,12H,5H2. The number of oxime groups is 1. The summed E-state index contributed by atoms with van der Waals surface area (Å²) in [5.41, 5.74) is 0.865. The molecule has 1 heterocycles. The predicted molar refractivity (Wildman–Crippen MR) is 50.2 cm³/mol. The van der Waals surface area contributed by atoms with E-state index in [1.165, 1.54) is 6.21 Å². The van der Waals surface area contributed by atoms with E-state index in [-0.39, 0.29) is 0 Å². The Morgan fingerprint density at radius 1 is 1.38 bits per heavy atom. The van der Waals surface area contributed by atoms with Crippen molar-refractivity contribution in [3.8, 4) is 0 Å². The number of nitrogens with zero attached hydrogens (tertiary/aromatic N) is 1. The summed E-state index contributed by atoms with van der Waals surface area (Å²) in [5.74, 6) is 0.805. The van der Waals surface area contributed by atoms with E-state index in [1.54, 1.807) is 0 Å². The molecule has 2 aromatic rings. The molecule has 66 valence electrons. The molecule has 0 aliphatic rings. The van der Waals surface area contributed by atoms with Crippen molar-refractivity contribution in [1.82, 2.24) is 0 Å². The summed E-state index contributed by atoms with van der Waals surface area (Å²) in [4.78, 5) is 0. The van der Waals surface area contributed by atoms with Crippen LogP contribution in [0.1, 0.15) is 5.76 Å². The molecule has 1 N–H and O–H groups in total. The second-order valence-corrected chi connectivity index (χ2v) is 2.75. The maximum Gasteiger partial charge on any atom is 0.134 e.